The lowest BCUT2D eigenvalue weighted by Crippen LogP contribution is -2.34. The van der Waals surface area contributed by atoms with E-state index in [1.54, 1.807) is 6.07 Å². The van der Waals surface area contributed by atoms with Crippen molar-refractivity contribution in [2.45, 2.75) is 25.4 Å². The van der Waals surface area contributed by atoms with Crippen molar-refractivity contribution in [1.82, 2.24) is 14.5 Å². The molecule has 1 aliphatic rings. The van der Waals surface area contributed by atoms with Crippen LogP contribution in [0.3, 0.4) is 0 Å². The first-order valence-corrected chi connectivity index (χ1v) is 8.40. The Hall–Kier alpha value is -2.40. The fourth-order valence-electron chi connectivity index (χ4n) is 3.66. The summed E-state index contributed by atoms with van der Waals surface area (Å²) < 4.78 is 15.9. The van der Waals surface area contributed by atoms with Crippen molar-refractivity contribution in [2.24, 2.45) is 0 Å². The number of aromatic nitrogens is 2. The Labute approximate surface area is 140 Å². The van der Waals surface area contributed by atoms with Crippen LogP contribution in [0.1, 0.15) is 24.4 Å². The summed E-state index contributed by atoms with van der Waals surface area (Å²) in [5.74, 6) is 0.107. The molecule has 24 heavy (non-hydrogen) atoms. The average Bonchev–Trinajstić information content (AvgIpc) is 2.94. The van der Waals surface area contributed by atoms with Crippen LogP contribution in [0, 0.1) is 5.82 Å². The zero-order chi connectivity index (χ0) is 16.5. The van der Waals surface area contributed by atoms with Crippen molar-refractivity contribution in [3.63, 3.8) is 0 Å². The number of nitrogens with two attached hydrogens (primary N) is 1. The second kappa shape index (κ2) is 6.24. The van der Waals surface area contributed by atoms with Crippen LogP contribution in [0.5, 0.6) is 0 Å². The molecule has 0 aliphatic carbocycles. The number of anilines is 1. The van der Waals surface area contributed by atoms with E-state index in [0.29, 0.717) is 11.5 Å². The summed E-state index contributed by atoms with van der Waals surface area (Å²) in [4.78, 5) is 6.69. The minimum absolute atomic E-state index is 0.281. The highest BCUT2D eigenvalue weighted by atomic mass is 19.1. The summed E-state index contributed by atoms with van der Waals surface area (Å²) in [6, 6.07) is 15.9. The van der Waals surface area contributed by atoms with Gasteiger partial charge in [-0.3, -0.25) is 4.90 Å². The Morgan fingerprint density at radius 3 is 2.54 bits per heavy atom. The predicted octanol–water partition coefficient (Wildman–Crippen LogP) is 3.59. The summed E-state index contributed by atoms with van der Waals surface area (Å²) in [5.41, 5.74) is 8.60. The van der Waals surface area contributed by atoms with Crippen LogP contribution in [-0.2, 0) is 6.54 Å². The van der Waals surface area contributed by atoms with Crippen LogP contribution >= 0.6 is 0 Å². The van der Waals surface area contributed by atoms with Gasteiger partial charge in [-0.1, -0.05) is 36.4 Å². The molecule has 1 saturated heterocycles. The Balaban J connectivity index is 1.50. The monoisotopic (exact) mass is 324 g/mol. The van der Waals surface area contributed by atoms with E-state index in [2.05, 4.69) is 34.1 Å². The van der Waals surface area contributed by atoms with Crippen LogP contribution < -0.4 is 5.73 Å². The number of fused-ring (bicyclic) bond motifs is 1. The van der Waals surface area contributed by atoms with Gasteiger partial charge in [0.15, 0.2) is 5.82 Å². The predicted molar refractivity (Wildman–Crippen MR) is 94.1 cm³/mol. The van der Waals surface area contributed by atoms with Gasteiger partial charge in [0.25, 0.3) is 0 Å². The van der Waals surface area contributed by atoms with Gasteiger partial charge in [0.2, 0.25) is 5.95 Å². The molecule has 0 atom stereocenters. The molecular weight excluding hydrogens is 303 g/mol. The summed E-state index contributed by atoms with van der Waals surface area (Å²) in [6.07, 6.45) is 2.00. The van der Waals surface area contributed by atoms with Gasteiger partial charge in [0, 0.05) is 25.7 Å². The summed E-state index contributed by atoms with van der Waals surface area (Å²) >= 11 is 0. The number of likely N-dealkylation sites (tertiary alicyclic amines) is 1. The zero-order valence-electron chi connectivity index (χ0n) is 13.5. The molecule has 0 amide bonds. The maximum atomic E-state index is 13.9. The van der Waals surface area contributed by atoms with Gasteiger partial charge in [0.05, 0.1) is 5.52 Å². The molecule has 0 saturated carbocycles. The molecule has 2 N–H and O–H groups in total. The molecule has 0 radical (unpaired) electrons. The minimum atomic E-state index is -0.306. The van der Waals surface area contributed by atoms with Gasteiger partial charge < -0.3 is 10.3 Å². The van der Waals surface area contributed by atoms with E-state index < -0.39 is 0 Å². The Morgan fingerprint density at radius 1 is 1.04 bits per heavy atom. The van der Waals surface area contributed by atoms with Crippen LogP contribution in [-0.4, -0.2) is 27.5 Å². The number of benzene rings is 2. The molecule has 4 rings (SSSR count). The molecule has 2 aromatic carbocycles. The van der Waals surface area contributed by atoms with E-state index in [1.807, 2.05) is 16.7 Å². The van der Waals surface area contributed by atoms with E-state index >= 15 is 0 Å². The van der Waals surface area contributed by atoms with Crippen LogP contribution in [0.25, 0.3) is 11.0 Å². The molecule has 0 spiro atoms. The third-order valence-electron chi connectivity index (χ3n) is 4.87. The van der Waals surface area contributed by atoms with Crippen molar-refractivity contribution in [3.05, 3.63) is 59.9 Å². The van der Waals surface area contributed by atoms with Gasteiger partial charge >= 0.3 is 0 Å². The standard InChI is InChI=1S/C19H21FN4/c20-16-7-4-8-17-18(16)22-19(21)24(17)15-9-11-23(12-10-15)13-14-5-2-1-3-6-14/h1-8,15H,9-13H2,(H2,21,22). The molecule has 124 valence electrons. The number of para-hydroxylation sites is 1. The normalized spacial score (nSPS) is 16.7. The number of hydrogen-bond donors (Lipinski definition) is 1. The molecule has 5 heteroatoms. The molecule has 2 heterocycles. The molecular formula is C19H21FN4. The van der Waals surface area contributed by atoms with Crippen molar-refractivity contribution < 1.29 is 4.39 Å². The van der Waals surface area contributed by atoms with Crippen molar-refractivity contribution >= 4 is 17.0 Å². The number of nitrogens with zero attached hydrogens (tertiary/aromatic N) is 3. The van der Waals surface area contributed by atoms with Crippen LogP contribution in [0.15, 0.2) is 48.5 Å². The molecule has 1 fully saturated rings. The zero-order valence-corrected chi connectivity index (χ0v) is 13.5. The first-order valence-electron chi connectivity index (χ1n) is 8.40. The average molecular weight is 324 g/mol. The third-order valence-corrected chi connectivity index (χ3v) is 4.87. The lowest BCUT2D eigenvalue weighted by Gasteiger charge is -2.33. The molecule has 1 aliphatic heterocycles. The van der Waals surface area contributed by atoms with Crippen molar-refractivity contribution in [3.8, 4) is 0 Å². The van der Waals surface area contributed by atoms with Crippen LogP contribution in [0.2, 0.25) is 0 Å². The maximum absolute atomic E-state index is 13.9. The van der Waals surface area contributed by atoms with E-state index in [4.69, 9.17) is 5.73 Å². The SMILES string of the molecule is Nc1nc2c(F)cccc2n1C1CCN(Cc2ccccc2)CC1. The Morgan fingerprint density at radius 2 is 1.79 bits per heavy atom. The van der Waals surface area contributed by atoms with Crippen molar-refractivity contribution in [1.29, 1.82) is 0 Å². The molecule has 0 unspecified atom stereocenters. The fraction of sp³-hybridized carbons (Fsp3) is 0.316. The topological polar surface area (TPSA) is 47.1 Å². The minimum Gasteiger partial charge on any atom is -0.369 e. The smallest absolute Gasteiger partial charge is 0.201 e. The van der Waals surface area contributed by atoms with Gasteiger partial charge in [0.1, 0.15) is 5.52 Å². The van der Waals surface area contributed by atoms with Crippen LogP contribution in [0.4, 0.5) is 10.3 Å². The quantitative estimate of drug-likeness (QED) is 0.801. The van der Waals surface area contributed by atoms with E-state index in [0.717, 1.165) is 38.0 Å². The Kier molecular flexibility index (Phi) is 3.94. The van der Waals surface area contributed by atoms with Gasteiger partial charge in [-0.2, -0.15) is 0 Å². The lowest BCUT2D eigenvalue weighted by molar-refractivity contribution is 0.182. The number of hydrogen-bond acceptors (Lipinski definition) is 3. The lowest BCUT2D eigenvalue weighted by atomic mass is 10.0. The maximum Gasteiger partial charge on any atom is 0.201 e. The highest BCUT2D eigenvalue weighted by molar-refractivity contribution is 5.79. The van der Waals surface area contributed by atoms with E-state index in [9.17, 15) is 4.39 Å². The molecule has 1 aromatic heterocycles. The van der Waals surface area contributed by atoms with Gasteiger partial charge in [-0.15, -0.1) is 0 Å². The summed E-state index contributed by atoms with van der Waals surface area (Å²) in [5, 5.41) is 0. The first-order chi connectivity index (χ1) is 11.7. The largest absolute Gasteiger partial charge is 0.369 e. The van der Waals surface area contributed by atoms with Gasteiger partial charge in [-0.25, -0.2) is 9.37 Å². The molecule has 0 bridgehead atoms. The fourth-order valence-corrected chi connectivity index (χ4v) is 3.66. The number of nitrogen functional groups attached to an aromatic ring is 1. The Bertz CT molecular complexity index is 835. The number of rotatable bonds is 3. The second-order valence-corrected chi connectivity index (χ2v) is 6.44. The van der Waals surface area contributed by atoms with Gasteiger partial charge in [-0.05, 0) is 30.5 Å². The highest BCUT2D eigenvalue weighted by Crippen LogP contribution is 2.31. The number of imidazole rings is 1. The first kappa shape index (κ1) is 15.1. The number of piperidine rings is 1. The third kappa shape index (κ3) is 2.76. The van der Waals surface area contributed by atoms with E-state index in [-0.39, 0.29) is 11.9 Å². The molecule has 4 nitrogen and oxygen atoms in total. The van der Waals surface area contributed by atoms with Crippen molar-refractivity contribution in [2.75, 3.05) is 18.8 Å². The van der Waals surface area contributed by atoms with E-state index in [1.165, 1.54) is 11.6 Å². The highest BCUT2D eigenvalue weighted by Gasteiger charge is 2.24. The number of halogens is 1. The summed E-state index contributed by atoms with van der Waals surface area (Å²) in [6.45, 7) is 2.99. The summed E-state index contributed by atoms with van der Waals surface area (Å²) in [7, 11) is 0. The molecule has 3 aromatic rings. The second-order valence-electron chi connectivity index (χ2n) is 6.44.